The number of fused-ring (bicyclic) bond motifs is 2. The number of carbonyl (C=O) groups excluding carboxylic acids is 1. The Morgan fingerprint density at radius 3 is 2.52 bits per heavy atom. The van der Waals surface area contributed by atoms with Crippen LogP contribution in [0.3, 0.4) is 0 Å². The maximum absolute atomic E-state index is 13.0. The van der Waals surface area contributed by atoms with E-state index in [-0.39, 0.29) is 19.1 Å². The Labute approximate surface area is 185 Å². The molecule has 1 N–H and O–H groups in total. The van der Waals surface area contributed by atoms with Crippen LogP contribution in [0.4, 0.5) is 19.0 Å². The van der Waals surface area contributed by atoms with Gasteiger partial charge in [-0.2, -0.15) is 13.2 Å². The minimum atomic E-state index is -4.44. The third kappa shape index (κ3) is 3.40. The summed E-state index contributed by atoms with van der Waals surface area (Å²) in [5.41, 5.74) is 0.897. The van der Waals surface area contributed by atoms with Crippen LogP contribution in [-0.2, 0) is 11.0 Å². The SMILES string of the molecule is COc1cc([C@@H]2CC(=O)Nc3ncn(-c4ccc(C(F)(F)F)cc4)c32)c(OC)c2c1OCO2. The van der Waals surface area contributed by atoms with Crippen molar-refractivity contribution >= 4 is 11.7 Å². The van der Waals surface area contributed by atoms with Crippen molar-refractivity contribution in [1.82, 2.24) is 9.55 Å². The Balaban J connectivity index is 1.67. The van der Waals surface area contributed by atoms with E-state index in [0.717, 1.165) is 12.1 Å². The molecule has 33 heavy (non-hydrogen) atoms. The molecule has 0 saturated carbocycles. The number of nitrogens with one attached hydrogen (secondary N) is 1. The summed E-state index contributed by atoms with van der Waals surface area (Å²) in [6.45, 7) is -0.00854. The zero-order valence-electron chi connectivity index (χ0n) is 17.5. The molecule has 0 bridgehead atoms. The van der Waals surface area contributed by atoms with Crippen molar-refractivity contribution < 1.29 is 36.9 Å². The molecule has 0 saturated heterocycles. The first kappa shape index (κ1) is 21.0. The van der Waals surface area contributed by atoms with E-state index in [1.165, 1.54) is 32.7 Å². The number of hydrogen-bond acceptors (Lipinski definition) is 6. The first-order valence-corrected chi connectivity index (χ1v) is 9.91. The van der Waals surface area contributed by atoms with Gasteiger partial charge in [-0.25, -0.2) is 4.98 Å². The summed E-state index contributed by atoms with van der Waals surface area (Å²) in [6, 6.07) is 6.43. The molecule has 5 rings (SSSR count). The fourth-order valence-electron chi connectivity index (χ4n) is 4.18. The molecule has 2 aliphatic heterocycles. The monoisotopic (exact) mass is 461 g/mol. The second-order valence-corrected chi connectivity index (χ2v) is 7.46. The van der Waals surface area contributed by atoms with Crippen molar-refractivity contribution in [3.05, 3.63) is 53.5 Å². The highest BCUT2D eigenvalue weighted by atomic mass is 19.4. The average Bonchev–Trinajstić information content (AvgIpc) is 3.44. The van der Waals surface area contributed by atoms with Crippen LogP contribution in [0.1, 0.15) is 29.2 Å². The first-order valence-electron chi connectivity index (χ1n) is 9.91. The van der Waals surface area contributed by atoms with E-state index < -0.39 is 17.7 Å². The van der Waals surface area contributed by atoms with Gasteiger partial charge < -0.3 is 28.8 Å². The zero-order valence-corrected chi connectivity index (χ0v) is 17.5. The van der Waals surface area contributed by atoms with E-state index >= 15 is 0 Å². The van der Waals surface area contributed by atoms with Crippen molar-refractivity contribution in [2.75, 3.05) is 26.3 Å². The van der Waals surface area contributed by atoms with E-state index in [4.69, 9.17) is 18.9 Å². The minimum absolute atomic E-state index is 0.00854. The summed E-state index contributed by atoms with van der Waals surface area (Å²) < 4.78 is 62.8. The molecule has 8 nitrogen and oxygen atoms in total. The number of carbonyl (C=O) groups is 1. The van der Waals surface area contributed by atoms with Gasteiger partial charge in [0.15, 0.2) is 17.3 Å². The lowest BCUT2D eigenvalue weighted by Gasteiger charge is -2.27. The molecule has 172 valence electrons. The molecule has 2 aromatic carbocycles. The van der Waals surface area contributed by atoms with E-state index in [1.807, 2.05) is 0 Å². The van der Waals surface area contributed by atoms with Crippen LogP contribution in [-0.4, -0.2) is 36.5 Å². The molecule has 1 amide bonds. The van der Waals surface area contributed by atoms with Gasteiger partial charge in [-0.05, 0) is 30.3 Å². The molecule has 0 radical (unpaired) electrons. The molecule has 1 aromatic heterocycles. The number of hydrogen-bond donors (Lipinski definition) is 1. The number of imidazole rings is 1. The number of methoxy groups -OCH3 is 2. The van der Waals surface area contributed by atoms with Gasteiger partial charge in [0.05, 0.1) is 25.5 Å². The number of rotatable bonds is 4. The predicted octanol–water partition coefficient (Wildman–Crippen LogP) is 4.11. The van der Waals surface area contributed by atoms with E-state index in [9.17, 15) is 18.0 Å². The minimum Gasteiger partial charge on any atom is -0.493 e. The third-order valence-electron chi connectivity index (χ3n) is 5.65. The smallest absolute Gasteiger partial charge is 0.416 e. The van der Waals surface area contributed by atoms with Gasteiger partial charge in [0.25, 0.3) is 0 Å². The highest BCUT2D eigenvalue weighted by molar-refractivity contribution is 5.94. The van der Waals surface area contributed by atoms with Crippen molar-refractivity contribution in [3.63, 3.8) is 0 Å². The molecule has 0 aliphatic carbocycles. The van der Waals surface area contributed by atoms with Crippen molar-refractivity contribution in [3.8, 4) is 28.7 Å². The highest BCUT2D eigenvalue weighted by Crippen LogP contribution is 2.53. The zero-order chi connectivity index (χ0) is 23.3. The quantitative estimate of drug-likeness (QED) is 0.630. The molecular formula is C22H18F3N3O5. The Morgan fingerprint density at radius 2 is 1.85 bits per heavy atom. The van der Waals surface area contributed by atoms with Gasteiger partial charge in [-0.3, -0.25) is 4.79 Å². The Morgan fingerprint density at radius 1 is 1.12 bits per heavy atom. The number of halogens is 3. The summed E-state index contributed by atoms with van der Waals surface area (Å²) in [5.74, 6) is 1.06. The fraction of sp³-hybridized carbons (Fsp3) is 0.273. The van der Waals surface area contributed by atoms with Crippen molar-refractivity contribution in [2.24, 2.45) is 0 Å². The molecule has 0 fully saturated rings. The van der Waals surface area contributed by atoms with Gasteiger partial charge in [0.2, 0.25) is 24.2 Å². The van der Waals surface area contributed by atoms with Crippen molar-refractivity contribution in [2.45, 2.75) is 18.5 Å². The Hall–Kier alpha value is -3.89. The lowest BCUT2D eigenvalue weighted by atomic mass is 9.88. The molecule has 2 aliphatic rings. The third-order valence-corrected chi connectivity index (χ3v) is 5.65. The highest BCUT2D eigenvalue weighted by Gasteiger charge is 2.37. The fourth-order valence-corrected chi connectivity index (χ4v) is 4.18. The van der Waals surface area contributed by atoms with Crippen LogP contribution in [0.25, 0.3) is 5.69 Å². The number of ether oxygens (including phenoxy) is 4. The molecule has 11 heteroatoms. The molecular weight excluding hydrogens is 443 g/mol. The van der Waals surface area contributed by atoms with Crippen LogP contribution >= 0.6 is 0 Å². The maximum atomic E-state index is 13.0. The topological polar surface area (TPSA) is 83.8 Å². The van der Waals surface area contributed by atoms with E-state index in [0.29, 0.717) is 45.8 Å². The van der Waals surface area contributed by atoms with Gasteiger partial charge in [-0.1, -0.05) is 0 Å². The van der Waals surface area contributed by atoms with Gasteiger partial charge in [0.1, 0.15) is 6.33 Å². The molecule has 3 heterocycles. The van der Waals surface area contributed by atoms with Crippen LogP contribution in [0.2, 0.25) is 0 Å². The molecule has 0 unspecified atom stereocenters. The number of benzene rings is 2. The second-order valence-electron chi connectivity index (χ2n) is 7.46. The lowest BCUT2D eigenvalue weighted by Crippen LogP contribution is -2.25. The first-order chi connectivity index (χ1) is 15.8. The average molecular weight is 461 g/mol. The summed E-state index contributed by atoms with van der Waals surface area (Å²) in [7, 11) is 2.96. The number of alkyl halides is 3. The number of anilines is 1. The van der Waals surface area contributed by atoms with Crippen molar-refractivity contribution in [1.29, 1.82) is 0 Å². The normalized spacial score (nSPS) is 16.9. The summed E-state index contributed by atoms with van der Waals surface area (Å²) in [4.78, 5) is 16.8. The Bertz CT molecular complexity index is 1240. The maximum Gasteiger partial charge on any atom is 0.416 e. The van der Waals surface area contributed by atoms with E-state index in [2.05, 4.69) is 10.3 Å². The van der Waals surface area contributed by atoms with Crippen LogP contribution in [0.15, 0.2) is 36.7 Å². The summed E-state index contributed by atoms with van der Waals surface area (Å²) in [6.07, 6.45) is -2.93. The molecule has 3 aromatic rings. The lowest BCUT2D eigenvalue weighted by molar-refractivity contribution is -0.137. The van der Waals surface area contributed by atoms with Gasteiger partial charge >= 0.3 is 6.18 Å². The van der Waals surface area contributed by atoms with Crippen LogP contribution < -0.4 is 24.3 Å². The summed E-state index contributed by atoms with van der Waals surface area (Å²) >= 11 is 0. The second kappa shape index (κ2) is 7.61. The molecule has 1 atom stereocenters. The van der Waals surface area contributed by atoms with Crippen LogP contribution in [0, 0.1) is 0 Å². The standard InChI is InChI=1S/C22H18F3N3O5/c1-30-15-7-14(18(31-2)20-19(15)32-10-33-20)13-8-16(29)27-21-17(13)28(9-26-21)12-5-3-11(4-6-12)22(23,24)25/h3-7,9,13H,8,10H2,1-2H3,(H,27,29)/t13-/m0/s1. The molecule has 0 spiro atoms. The summed E-state index contributed by atoms with van der Waals surface area (Å²) in [5, 5.41) is 2.72. The number of amides is 1. The van der Waals surface area contributed by atoms with Gasteiger partial charge in [0, 0.05) is 23.6 Å². The van der Waals surface area contributed by atoms with Crippen LogP contribution in [0.5, 0.6) is 23.0 Å². The Kier molecular flexibility index (Phi) is 4.84. The number of aromatic nitrogens is 2. The largest absolute Gasteiger partial charge is 0.493 e. The predicted molar refractivity (Wildman–Crippen MR) is 109 cm³/mol. The van der Waals surface area contributed by atoms with Gasteiger partial charge in [-0.15, -0.1) is 0 Å². The van der Waals surface area contributed by atoms with E-state index in [1.54, 1.807) is 10.6 Å². The number of nitrogens with zero attached hydrogens (tertiary/aromatic N) is 2.